The average molecular weight is 250 g/mol. The van der Waals surface area contributed by atoms with Crippen molar-refractivity contribution in [2.45, 2.75) is 22.2 Å². The maximum absolute atomic E-state index is 11.2. The Morgan fingerprint density at radius 3 is 0.900 bits per heavy atom. The number of alkyl halides is 6. The first kappa shape index (κ1) is 13.9. The van der Waals surface area contributed by atoms with E-state index in [1.165, 1.54) is 6.92 Å². The summed E-state index contributed by atoms with van der Waals surface area (Å²) in [5.74, 6) is 0. The van der Waals surface area contributed by atoms with E-state index in [1.54, 1.807) is 0 Å². The van der Waals surface area contributed by atoms with Gasteiger partial charge in [-0.25, -0.2) is 4.39 Å². The van der Waals surface area contributed by atoms with Crippen LogP contribution in [0.25, 0.3) is 0 Å². The molecule has 0 radical (unpaired) electrons. The number of halogens is 6. The van der Waals surface area contributed by atoms with Crippen molar-refractivity contribution in [1.29, 1.82) is 0 Å². The van der Waals surface area contributed by atoms with Crippen LogP contribution >= 0.6 is 58.0 Å². The van der Waals surface area contributed by atoms with Crippen molar-refractivity contribution in [2.24, 2.45) is 0 Å². The van der Waals surface area contributed by atoms with Gasteiger partial charge in [0.25, 0.3) is 4.59 Å². The molecule has 0 aliphatic rings. The molecule has 0 aromatic heterocycles. The van der Waals surface area contributed by atoms with Gasteiger partial charge in [-0.15, -0.1) is 0 Å². The smallest absolute Gasteiger partial charge is 0.208 e. The van der Waals surface area contributed by atoms with Gasteiger partial charge in [0.1, 0.15) is 0 Å². The maximum Gasteiger partial charge on any atom is 0.254 e. The minimum Gasteiger partial charge on any atom is -0.208 e. The van der Waals surface area contributed by atoms with E-state index in [1.807, 2.05) is 0 Å². The Morgan fingerprint density at radius 1 is 0.900 bits per heavy atom. The summed E-state index contributed by atoms with van der Waals surface area (Å²) in [6.45, 7) is 2.54. The van der Waals surface area contributed by atoms with Crippen LogP contribution < -0.4 is 0 Å². The molecule has 0 bridgehead atoms. The van der Waals surface area contributed by atoms with Gasteiger partial charge in [-0.05, 0) is 13.8 Å². The highest BCUT2D eigenvalue weighted by Gasteiger charge is 2.09. The predicted octanol–water partition coefficient (Wildman–Crippen LogP) is 4.48. The van der Waals surface area contributed by atoms with Crippen LogP contribution in [0.2, 0.25) is 0 Å². The molecule has 64 valence electrons. The molecule has 0 saturated carbocycles. The maximum atomic E-state index is 11.2. The van der Waals surface area contributed by atoms with Crippen molar-refractivity contribution >= 4 is 58.0 Å². The Bertz CT molecular complexity index is 56.6. The molecule has 0 heterocycles. The first-order chi connectivity index (χ1) is 4.00. The van der Waals surface area contributed by atoms with Gasteiger partial charge in [-0.3, -0.25) is 0 Å². The molecule has 0 aromatic carbocycles. The number of rotatable bonds is 0. The lowest BCUT2D eigenvalue weighted by atomic mass is 10.9. The second-order valence-electron chi connectivity index (χ2n) is 1.56. The minimum atomic E-state index is -2.06. The second-order valence-corrected chi connectivity index (χ2v) is 6.02. The molecule has 0 saturated heterocycles. The lowest BCUT2D eigenvalue weighted by Crippen LogP contribution is -1.90. The zero-order chi connectivity index (χ0) is 9.00. The minimum absolute atomic E-state index is 1.05. The van der Waals surface area contributed by atoms with Crippen LogP contribution in [0.15, 0.2) is 0 Å². The van der Waals surface area contributed by atoms with E-state index in [2.05, 4.69) is 23.2 Å². The number of hydrogen-bond donors (Lipinski definition) is 0. The van der Waals surface area contributed by atoms with Crippen molar-refractivity contribution < 1.29 is 4.39 Å². The quantitative estimate of drug-likeness (QED) is 0.556. The standard InChI is InChI=1S/C2H3Cl3.C2H3Cl2F/c2*1-2(3,4)5/h2*1H3. The van der Waals surface area contributed by atoms with Gasteiger partial charge in [-0.1, -0.05) is 58.0 Å². The largest absolute Gasteiger partial charge is 0.254 e. The predicted molar refractivity (Wildman–Crippen MR) is 47.2 cm³/mol. The molecule has 0 N–H and O–H groups in total. The third kappa shape index (κ3) is 346. The topological polar surface area (TPSA) is 0 Å². The molecular weight excluding hydrogens is 244 g/mol. The highest BCUT2D eigenvalue weighted by Crippen LogP contribution is 2.23. The molecule has 0 atom stereocenters. The van der Waals surface area contributed by atoms with Crippen LogP contribution in [0.1, 0.15) is 13.8 Å². The second kappa shape index (κ2) is 5.10. The first-order valence-corrected chi connectivity index (χ1v) is 4.02. The van der Waals surface area contributed by atoms with Crippen LogP contribution in [0.4, 0.5) is 4.39 Å². The van der Waals surface area contributed by atoms with Gasteiger partial charge in [0, 0.05) is 0 Å². The zero-order valence-electron chi connectivity index (χ0n) is 5.27. The average Bonchev–Trinajstić information content (AvgIpc) is 1.12. The molecule has 0 rings (SSSR count). The molecule has 0 spiro atoms. The lowest BCUT2D eigenvalue weighted by Gasteiger charge is -1.94. The summed E-state index contributed by atoms with van der Waals surface area (Å²) >= 11 is 24.4. The van der Waals surface area contributed by atoms with Gasteiger partial charge >= 0.3 is 0 Å². The summed E-state index contributed by atoms with van der Waals surface area (Å²) in [6.07, 6.45) is 0. The van der Waals surface area contributed by atoms with Crippen LogP contribution in [-0.2, 0) is 0 Å². The Morgan fingerprint density at radius 2 is 0.900 bits per heavy atom. The molecule has 10 heavy (non-hydrogen) atoms. The zero-order valence-corrected chi connectivity index (χ0v) is 9.05. The van der Waals surface area contributed by atoms with Crippen molar-refractivity contribution in [3.63, 3.8) is 0 Å². The van der Waals surface area contributed by atoms with Crippen molar-refractivity contribution in [3.8, 4) is 0 Å². The van der Waals surface area contributed by atoms with E-state index in [-0.39, 0.29) is 0 Å². The molecule has 0 aliphatic carbocycles. The Balaban J connectivity index is 0. The summed E-state index contributed by atoms with van der Waals surface area (Å²) in [5, 5.41) is 0. The van der Waals surface area contributed by atoms with E-state index in [0.717, 1.165) is 6.92 Å². The monoisotopic (exact) mass is 248 g/mol. The molecule has 0 unspecified atom stereocenters. The first-order valence-electron chi connectivity index (χ1n) is 2.13. The summed E-state index contributed by atoms with van der Waals surface area (Å²) < 4.78 is 8.08. The van der Waals surface area contributed by atoms with E-state index >= 15 is 0 Å². The van der Waals surface area contributed by atoms with E-state index in [0.29, 0.717) is 0 Å². The fourth-order valence-electron chi connectivity index (χ4n) is 0. The Kier molecular flexibility index (Phi) is 7.11. The van der Waals surface area contributed by atoms with Crippen LogP contribution in [0.3, 0.4) is 0 Å². The molecule has 0 fully saturated rings. The number of hydrogen-bond acceptors (Lipinski definition) is 0. The summed E-state index contributed by atoms with van der Waals surface area (Å²) in [4.78, 5) is 0. The summed E-state index contributed by atoms with van der Waals surface area (Å²) in [6, 6.07) is 0. The summed E-state index contributed by atoms with van der Waals surface area (Å²) in [7, 11) is 0. The molecule has 6 heteroatoms. The van der Waals surface area contributed by atoms with Crippen LogP contribution in [0, 0.1) is 0 Å². The lowest BCUT2D eigenvalue weighted by molar-refractivity contribution is 0.424. The van der Waals surface area contributed by atoms with Crippen molar-refractivity contribution in [3.05, 3.63) is 0 Å². The molecule has 0 aromatic rings. The fourth-order valence-corrected chi connectivity index (χ4v) is 0. The normalized spacial score (nSPS) is 12.0. The van der Waals surface area contributed by atoms with Crippen molar-refractivity contribution in [1.82, 2.24) is 0 Å². The highest BCUT2D eigenvalue weighted by atomic mass is 35.6. The van der Waals surface area contributed by atoms with E-state index in [4.69, 9.17) is 34.8 Å². The van der Waals surface area contributed by atoms with Crippen LogP contribution in [-0.4, -0.2) is 8.38 Å². The van der Waals surface area contributed by atoms with Gasteiger partial charge < -0.3 is 0 Å². The fraction of sp³-hybridized carbons (Fsp3) is 1.00. The van der Waals surface area contributed by atoms with Crippen molar-refractivity contribution in [2.75, 3.05) is 0 Å². The third-order valence-electron chi connectivity index (χ3n) is 0. The molecule has 0 aliphatic heterocycles. The van der Waals surface area contributed by atoms with E-state index in [9.17, 15) is 4.39 Å². The SMILES string of the molecule is CC(Cl)(Cl)Cl.CC(F)(Cl)Cl. The van der Waals surface area contributed by atoms with E-state index < -0.39 is 8.38 Å². The van der Waals surface area contributed by atoms with Gasteiger partial charge in [0.05, 0.1) is 0 Å². The summed E-state index contributed by atoms with van der Waals surface area (Å²) in [5.41, 5.74) is 0. The van der Waals surface area contributed by atoms with Crippen LogP contribution in [0.5, 0.6) is 0 Å². The third-order valence-corrected chi connectivity index (χ3v) is 0. The molecular formula is C4H6Cl5F. The molecule has 0 amide bonds. The van der Waals surface area contributed by atoms with Gasteiger partial charge in [0.15, 0.2) is 3.79 Å². The highest BCUT2D eigenvalue weighted by molar-refractivity contribution is 6.67. The Labute approximate surface area is 84.5 Å². The van der Waals surface area contributed by atoms with Gasteiger partial charge in [0.2, 0.25) is 0 Å². The van der Waals surface area contributed by atoms with Gasteiger partial charge in [-0.2, -0.15) is 0 Å². The molecule has 0 nitrogen and oxygen atoms in total. The Hall–Kier alpha value is 1.38.